The van der Waals surface area contributed by atoms with Gasteiger partial charge in [0, 0.05) is 33.6 Å². The molecule has 1 aliphatic heterocycles. The van der Waals surface area contributed by atoms with Gasteiger partial charge >= 0.3 is 0 Å². The molecule has 1 atom stereocenters. The molecule has 0 saturated carbocycles. The summed E-state index contributed by atoms with van der Waals surface area (Å²) in [7, 11) is 3.45. The number of nitrogens with one attached hydrogen (secondary N) is 2. The Hall–Kier alpha value is -1.10. The lowest BCUT2D eigenvalue weighted by Crippen LogP contribution is -2.46. The minimum Gasteiger partial charge on any atom is -0.355 e. The van der Waals surface area contributed by atoms with E-state index >= 15 is 0 Å². The second-order valence-corrected chi connectivity index (χ2v) is 5.53. The minimum atomic E-state index is -0.304. The zero-order valence-corrected chi connectivity index (χ0v) is 11.9. The van der Waals surface area contributed by atoms with Crippen molar-refractivity contribution in [1.82, 2.24) is 15.5 Å². The fraction of sp³-hybridized carbons (Fsp3) is 0.846. The number of rotatable bonds is 5. The molecular formula is C13H25N3O2. The summed E-state index contributed by atoms with van der Waals surface area (Å²) in [5.41, 5.74) is -0.304. The highest BCUT2D eigenvalue weighted by molar-refractivity contribution is 5.84. The van der Waals surface area contributed by atoms with E-state index in [1.165, 1.54) is 0 Å². The lowest BCUT2D eigenvalue weighted by molar-refractivity contribution is -0.133. The summed E-state index contributed by atoms with van der Waals surface area (Å²) in [6, 6.07) is 0. The van der Waals surface area contributed by atoms with Crippen LogP contribution in [-0.2, 0) is 9.59 Å². The molecule has 0 spiro atoms. The Labute approximate surface area is 109 Å². The molecule has 0 bridgehead atoms. The number of hydrogen-bond donors (Lipinski definition) is 2. The molecule has 1 fully saturated rings. The SMILES string of the molecule is CC(C)C1(C(=O)NCCC(=O)N(C)C)CCNC1. The summed E-state index contributed by atoms with van der Waals surface area (Å²) < 4.78 is 0. The van der Waals surface area contributed by atoms with Gasteiger partial charge < -0.3 is 15.5 Å². The van der Waals surface area contributed by atoms with E-state index in [2.05, 4.69) is 24.5 Å². The van der Waals surface area contributed by atoms with Crippen molar-refractivity contribution in [3.8, 4) is 0 Å². The molecule has 2 amide bonds. The van der Waals surface area contributed by atoms with Crippen molar-refractivity contribution in [2.24, 2.45) is 11.3 Å². The number of carbonyl (C=O) groups excluding carboxylic acids is 2. The number of hydrogen-bond acceptors (Lipinski definition) is 3. The Kier molecular flexibility index (Phi) is 5.14. The van der Waals surface area contributed by atoms with Gasteiger partial charge in [-0.05, 0) is 18.9 Å². The molecule has 2 N–H and O–H groups in total. The van der Waals surface area contributed by atoms with E-state index in [-0.39, 0.29) is 17.2 Å². The number of nitrogens with zero attached hydrogens (tertiary/aromatic N) is 1. The third-order valence-electron chi connectivity index (χ3n) is 3.87. The van der Waals surface area contributed by atoms with Crippen LogP contribution >= 0.6 is 0 Å². The quantitative estimate of drug-likeness (QED) is 0.738. The molecule has 104 valence electrons. The third kappa shape index (κ3) is 3.22. The molecule has 1 heterocycles. The van der Waals surface area contributed by atoms with Crippen LogP contribution in [0.1, 0.15) is 26.7 Å². The first kappa shape index (κ1) is 15.0. The molecule has 1 rings (SSSR count). The second kappa shape index (κ2) is 6.18. The van der Waals surface area contributed by atoms with Crippen molar-refractivity contribution in [2.45, 2.75) is 26.7 Å². The molecule has 0 aromatic carbocycles. The van der Waals surface area contributed by atoms with E-state index in [0.717, 1.165) is 19.5 Å². The van der Waals surface area contributed by atoms with Crippen molar-refractivity contribution < 1.29 is 9.59 Å². The Morgan fingerprint density at radius 2 is 2.06 bits per heavy atom. The van der Waals surface area contributed by atoms with Crippen LogP contribution in [0.2, 0.25) is 0 Å². The molecule has 5 nitrogen and oxygen atoms in total. The lowest BCUT2D eigenvalue weighted by atomic mass is 9.75. The smallest absolute Gasteiger partial charge is 0.227 e. The van der Waals surface area contributed by atoms with Gasteiger partial charge in [0.1, 0.15) is 0 Å². The molecule has 1 unspecified atom stereocenters. The molecular weight excluding hydrogens is 230 g/mol. The molecule has 1 saturated heterocycles. The first-order valence-corrected chi connectivity index (χ1v) is 6.59. The van der Waals surface area contributed by atoms with Gasteiger partial charge in [-0.3, -0.25) is 9.59 Å². The maximum absolute atomic E-state index is 12.3. The summed E-state index contributed by atoms with van der Waals surface area (Å²) in [5, 5.41) is 6.16. The largest absolute Gasteiger partial charge is 0.355 e. The zero-order valence-electron chi connectivity index (χ0n) is 11.9. The van der Waals surface area contributed by atoms with Crippen LogP contribution < -0.4 is 10.6 Å². The van der Waals surface area contributed by atoms with Gasteiger partial charge in [-0.2, -0.15) is 0 Å². The molecule has 0 radical (unpaired) electrons. The molecule has 5 heteroatoms. The van der Waals surface area contributed by atoms with Crippen LogP contribution in [0.5, 0.6) is 0 Å². The highest BCUT2D eigenvalue weighted by Crippen LogP contribution is 2.34. The highest BCUT2D eigenvalue weighted by Gasteiger charge is 2.43. The van der Waals surface area contributed by atoms with Crippen LogP contribution in [0.3, 0.4) is 0 Å². The third-order valence-corrected chi connectivity index (χ3v) is 3.87. The van der Waals surface area contributed by atoms with Crippen molar-refractivity contribution >= 4 is 11.8 Å². The topological polar surface area (TPSA) is 61.4 Å². The van der Waals surface area contributed by atoms with Crippen molar-refractivity contribution in [1.29, 1.82) is 0 Å². The molecule has 0 aromatic rings. The average molecular weight is 255 g/mol. The van der Waals surface area contributed by atoms with E-state index in [1.54, 1.807) is 19.0 Å². The fourth-order valence-electron chi connectivity index (χ4n) is 2.34. The Morgan fingerprint density at radius 3 is 2.50 bits per heavy atom. The maximum atomic E-state index is 12.3. The number of carbonyl (C=O) groups is 2. The summed E-state index contributed by atoms with van der Waals surface area (Å²) in [6.07, 6.45) is 1.23. The summed E-state index contributed by atoms with van der Waals surface area (Å²) >= 11 is 0. The maximum Gasteiger partial charge on any atom is 0.227 e. The van der Waals surface area contributed by atoms with Gasteiger partial charge in [-0.1, -0.05) is 13.8 Å². The average Bonchev–Trinajstić information content (AvgIpc) is 2.78. The van der Waals surface area contributed by atoms with Crippen LogP contribution in [0, 0.1) is 11.3 Å². The Balaban J connectivity index is 2.46. The first-order chi connectivity index (χ1) is 8.40. The molecule has 18 heavy (non-hydrogen) atoms. The predicted molar refractivity (Wildman–Crippen MR) is 71.1 cm³/mol. The molecule has 0 aromatic heterocycles. The number of amides is 2. The first-order valence-electron chi connectivity index (χ1n) is 6.59. The summed E-state index contributed by atoms with van der Waals surface area (Å²) in [5.74, 6) is 0.421. The zero-order chi connectivity index (χ0) is 13.8. The monoisotopic (exact) mass is 255 g/mol. The Bertz CT molecular complexity index is 307. The Morgan fingerprint density at radius 1 is 1.39 bits per heavy atom. The standard InChI is InChI=1S/C13H25N3O2/c1-10(2)13(6-8-14-9-13)12(18)15-7-5-11(17)16(3)4/h10,14H,5-9H2,1-4H3,(H,15,18). The van der Waals surface area contributed by atoms with Gasteiger partial charge in [-0.15, -0.1) is 0 Å². The van der Waals surface area contributed by atoms with Crippen LogP contribution in [-0.4, -0.2) is 50.4 Å². The van der Waals surface area contributed by atoms with Gasteiger partial charge in [-0.25, -0.2) is 0 Å². The van der Waals surface area contributed by atoms with Gasteiger partial charge in [0.25, 0.3) is 0 Å². The normalized spacial score (nSPS) is 23.2. The highest BCUT2D eigenvalue weighted by atomic mass is 16.2. The molecule has 1 aliphatic rings. The van der Waals surface area contributed by atoms with Crippen molar-refractivity contribution in [3.63, 3.8) is 0 Å². The van der Waals surface area contributed by atoms with Crippen LogP contribution in [0.15, 0.2) is 0 Å². The van der Waals surface area contributed by atoms with E-state index in [0.29, 0.717) is 18.9 Å². The van der Waals surface area contributed by atoms with Gasteiger partial charge in [0.2, 0.25) is 11.8 Å². The van der Waals surface area contributed by atoms with E-state index < -0.39 is 0 Å². The van der Waals surface area contributed by atoms with Crippen molar-refractivity contribution in [3.05, 3.63) is 0 Å². The van der Waals surface area contributed by atoms with E-state index in [1.807, 2.05) is 0 Å². The summed E-state index contributed by atoms with van der Waals surface area (Å²) in [4.78, 5) is 25.2. The van der Waals surface area contributed by atoms with Gasteiger partial charge in [0.05, 0.1) is 5.41 Å². The van der Waals surface area contributed by atoms with Gasteiger partial charge in [0.15, 0.2) is 0 Å². The lowest BCUT2D eigenvalue weighted by Gasteiger charge is -2.31. The van der Waals surface area contributed by atoms with Crippen LogP contribution in [0.25, 0.3) is 0 Å². The van der Waals surface area contributed by atoms with E-state index in [9.17, 15) is 9.59 Å². The molecule has 0 aliphatic carbocycles. The fourth-order valence-corrected chi connectivity index (χ4v) is 2.34. The minimum absolute atomic E-state index is 0.0402. The predicted octanol–water partition coefficient (Wildman–Crippen LogP) is 0.217. The van der Waals surface area contributed by atoms with Crippen molar-refractivity contribution in [2.75, 3.05) is 33.7 Å². The van der Waals surface area contributed by atoms with Crippen LogP contribution in [0.4, 0.5) is 0 Å². The summed E-state index contributed by atoms with van der Waals surface area (Å²) in [6.45, 7) is 6.21. The second-order valence-electron chi connectivity index (χ2n) is 5.53. The van der Waals surface area contributed by atoms with E-state index in [4.69, 9.17) is 0 Å².